The lowest BCUT2D eigenvalue weighted by molar-refractivity contribution is 0.226. The molecule has 0 saturated carbocycles. The molecule has 0 spiro atoms. The Morgan fingerprint density at radius 1 is 1.04 bits per heavy atom. The molecule has 0 fully saturated rings. The highest BCUT2D eigenvalue weighted by molar-refractivity contribution is 5.85. The van der Waals surface area contributed by atoms with Gasteiger partial charge in [0.2, 0.25) is 0 Å². The summed E-state index contributed by atoms with van der Waals surface area (Å²) in [4.78, 5) is 2.31. The first kappa shape index (κ1) is 17.7. The molecule has 0 unspecified atom stereocenters. The molecule has 0 radical (unpaired) electrons. The van der Waals surface area contributed by atoms with Crippen molar-refractivity contribution in [3.63, 3.8) is 0 Å². The van der Waals surface area contributed by atoms with Crippen molar-refractivity contribution >= 4 is 12.4 Å². The number of benzene rings is 2. The average Bonchev–Trinajstić information content (AvgIpc) is 2.58. The summed E-state index contributed by atoms with van der Waals surface area (Å²) in [5.74, 6) is 1.19. The predicted octanol–water partition coefficient (Wildman–Crippen LogP) is 3.29. The van der Waals surface area contributed by atoms with Crippen LogP contribution in [0.3, 0.4) is 0 Å². The van der Waals surface area contributed by atoms with Crippen LogP contribution in [0.4, 0.5) is 0 Å². The molecule has 2 N–H and O–H groups in total. The highest BCUT2D eigenvalue weighted by Crippen LogP contribution is 2.53. The molecule has 4 rings (SSSR count). The molecule has 1 aliphatic heterocycles. The van der Waals surface area contributed by atoms with E-state index in [0.717, 1.165) is 36.1 Å². The number of hydrogen-bond donors (Lipinski definition) is 2. The van der Waals surface area contributed by atoms with Gasteiger partial charge in [0.1, 0.15) is 0 Å². The summed E-state index contributed by atoms with van der Waals surface area (Å²) in [6.07, 6.45) is 1.73. The fraction of sp³-hybridized carbons (Fsp3) is 0.368. The number of phenols is 2. The summed E-state index contributed by atoms with van der Waals surface area (Å²) in [6.45, 7) is 0.961. The number of fused-ring (bicyclic) bond motifs is 2. The Kier molecular flexibility index (Phi) is 4.47. The zero-order valence-electron chi connectivity index (χ0n) is 14.5. The van der Waals surface area contributed by atoms with Crippen LogP contribution in [0, 0.1) is 0 Å². The van der Waals surface area contributed by atoms with Gasteiger partial charge in [-0.1, -0.05) is 0 Å². The Morgan fingerprint density at radius 2 is 1.76 bits per heavy atom. The molecule has 1 heterocycles. The van der Waals surface area contributed by atoms with Crippen molar-refractivity contribution in [2.24, 2.45) is 0 Å². The summed E-state index contributed by atoms with van der Waals surface area (Å²) in [5.41, 5.74) is 5.11. The van der Waals surface area contributed by atoms with Gasteiger partial charge < -0.3 is 19.7 Å². The van der Waals surface area contributed by atoms with Crippen LogP contribution in [0.15, 0.2) is 18.2 Å². The second kappa shape index (κ2) is 6.32. The van der Waals surface area contributed by atoms with Gasteiger partial charge in [-0.05, 0) is 60.3 Å². The molecular formula is C19H22ClNO4. The van der Waals surface area contributed by atoms with Gasteiger partial charge in [0.15, 0.2) is 23.0 Å². The third-order valence-electron chi connectivity index (χ3n) is 5.30. The SMILES string of the molecule is COc1cc2c(cc1O)C[C@H]1c3c(cc(OC)c(O)c3-2)CCN1C.Cl. The van der Waals surface area contributed by atoms with Crippen molar-refractivity contribution in [3.8, 4) is 34.1 Å². The third kappa shape index (κ3) is 2.50. The van der Waals surface area contributed by atoms with Crippen LogP contribution in [0.1, 0.15) is 22.7 Å². The minimum absolute atomic E-state index is 0. The number of likely N-dealkylation sites (N-methyl/N-ethyl adjacent to an activating group) is 1. The molecule has 0 aromatic heterocycles. The van der Waals surface area contributed by atoms with Crippen molar-refractivity contribution in [3.05, 3.63) is 34.9 Å². The fourth-order valence-electron chi connectivity index (χ4n) is 4.05. The Hall–Kier alpha value is -2.11. The van der Waals surface area contributed by atoms with Crippen LogP contribution >= 0.6 is 12.4 Å². The van der Waals surface area contributed by atoms with E-state index in [9.17, 15) is 10.2 Å². The first-order valence-electron chi connectivity index (χ1n) is 8.08. The topological polar surface area (TPSA) is 62.2 Å². The second-order valence-corrected chi connectivity index (χ2v) is 6.51. The van der Waals surface area contributed by atoms with Gasteiger partial charge in [0.05, 0.1) is 14.2 Å². The first-order chi connectivity index (χ1) is 11.5. The van der Waals surface area contributed by atoms with E-state index >= 15 is 0 Å². The van der Waals surface area contributed by atoms with Crippen molar-refractivity contribution in [1.29, 1.82) is 0 Å². The van der Waals surface area contributed by atoms with Crippen molar-refractivity contribution < 1.29 is 19.7 Å². The van der Waals surface area contributed by atoms with Crippen molar-refractivity contribution in [2.75, 3.05) is 27.8 Å². The van der Waals surface area contributed by atoms with Gasteiger partial charge in [0.25, 0.3) is 0 Å². The number of hydrogen-bond acceptors (Lipinski definition) is 5. The summed E-state index contributed by atoms with van der Waals surface area (Å²) in [7, 11) is 5.20. The molecule has 6 heteroatoms. The maximum atomic E-state index is 10.8. The van der Waals surface area contributed by atoms with Gasteiger partial charge in [-0.3, -0.25) is 4.90 Å². The summed E-state index contributed by atoms with van der Waals surface area (Å²) >= 11 is 0. The molecule has 0 saturated heterocycles. The molecule has 2 aromatic rings. The smallest absolute Gasteiger partial charge is 0.166 e. The van der Waals surface area contributed by atoms with Gasteiger partial charge in [-0.2, -0.15) is 0 Å². The van der Waals surface area contributed by atoms with Crippen LogP contribution in [0.5, 0.6) is 23.0 Å². The number of phenolic OH excluding ortho intramolecular Hbond substituents is 2. The Morgan fingerprint density at radius 3 is 2.44 bits per heavy atom. The van der Waals surface area contributed by atoms with E-state index < -0.39 is 0 Å². The molecule has 0 amide bonds. The first-order valence-corrected chi connectivity index (χ1v) is 8.08. The van der Waals surface area contributed by atoms with Crippen molar-refractivity contribution in [2.45, 2.75) is 18.9 Å². The van der Waals surface area contributed by atoms with Crippen LogP contribution in [0.2, 0.25) is 0 Å². The van der Waals surface area contributed by atoms with Gasteiger partial charge >= 0.3 is 0 Å². The summed E-state index contributed by atoms with van der Waals surface area (Å²) in [6, 6.07) is 5.71. The van der Waals surface area contributed by atoms with Gasteiger partial charge in [-0.25, -0.2) is 0 Å². The quantitative estimate of drug-likeness (QED) is 0.857. The number of methoxy groups -OCH3 is 2. The van der Waals surface area contributed by atoms with E-state index in [1.54, 1.807) is 13.2 Å². The lowest BCUT2D eigenvalue weighted by Crippen LogP contribution is -2.35. The van der Waals surface area contributed by atoms with Crippen molar-refractivity contribution in [1.82, 2.24) is 4.90 Å². The highest BCUT2D eigenvalue weighted by atomic mass is 35.5. The third-order valence-corrected chi connectivity index (χ3v) is 5.30. The zero-order chi connectivity index (χ0) is 17.0. The van der Waals surface area contributed by atoms with Crippen LogP contribution in [0.25, 0.3) is 11.1 Å². The normalized spacial score (nSPS) is 18.0. The number of ether oxygens (including phenoxy) is 2. The maximum absolute atomic E-state index is 10.8. The van der Waals surface area contributed by atoms with Crippen LogP contribution in [-0.2, 0) is 12.8 Å². The summed E-state index contributed by atoms with van der Waals surface area (Å²) in [5, 5.41) is 21.0. The number of aromatic hydroxyl groups is 2. The van der Waals surface area contributed by atoms with Gasteiger partial charge in [-0.15, -0.1) is 12.4 Å². The van der Waals surface area contributed by atoms with E-state index in [4.69, 9.17) is 9.47 Å². The zero-order valence-corrected chi connectivity index (χ0v) is 15.3. The predicted molar refractivity (Wildman–Crippen MR) is 98.3 cm³/mol. The lowest BCUT2D eigenvalue weighted by atomic mass is 9.76. The minimum atomic E-state index is 0. The Bertz CT molecular complexity index is 837. The minimum Gasteiger partial charge on any atom is -0.504 e. The van der Waals surface area contributed by atoms with E-state index in [1.807, 2.05) is 12.1 Å². The Balaban J connectivity index is 0.00000182. The molecular weight excluding hydrogens is 342 g/mol. The molecule has 25 heavy (non-hydrogen) atoms. The van der Waals surface area contributed by atoms with E-state index in [2.05, 4.69) is 11.9 Å². The van der Waals surface area contributed by atoms with E-state index in [0.29, 0.717) is 11.5 Å². The number of nitrogens with zero attached hydrogens (tertiary/aromatic N) is 1. The molecule has 134 valence electrons. The van der Waals surface area contributed by atoms with Crippen LogP contribution in [-0.4, -0.2) is 42.9 Å². The van der Waals surface area contributed by atoms with Gasteiger partial charge in [0, 0.05) is 18.2 Å². The summed E-state index contributed by atoms with van der Waals surface area (Å²) < 4.78 is 10.7. The van der Waals surface area contributed by atoms with Crippen LogP contribution < -0.4 is 9.47 Å². The average molecular weight is 364 g/mol. The molecule has 5 nitrogen and oxygen atoms in total. The van der Waals surface area contributed by atoms with E-state index in [-0.39, 0.29) is 29.9 Å². The highest BCUT2D eigenvalue weighted by Gasteiger charge is 2.36. The fourth-order valence-corrected chi connectivity index (χ4v) is 4.05. The van der Waals surface area contributed by atoms with E-state index in [1.165, 1.54) is 18.2 Å². The standard InChI is InChI=1S/C19H21NO4.ClH/c1-20-5-4-10-8-16(24-3)19(22)18-12-9-15(23-2)14(21)7-11(12)6-13(20)17(10)18;/h7-9,13,21-22H,4-6H2,1-3H3;1H/t13-;/m0./s1. The molecule has 0 bridgehead atoms. The molecule has 2 aliphatic rings. The molecule has 2 aromatic carbocycles. The largest absolute Gasteiger partial charge is 0.504 e. The second-order valence-electron chi connectivity index (χ2n) is 6.51. The monoisotopic (exact) mass is 363 g/mol. The number of halogens is 1. The number of rotatable bonds is 2. The molecule has 1 aliphatic carbocycles. The Labute approximate surface area is 153 Å². The lowest BCUT2D eigenvalue weighted by Gasteiger charge is -2.40. The maximum Gasteiger partial charge on any atom is 0.166 e. The molecule has 1 atom stereocenters.